The Bertz CT molecular complexity index is 1400. The molecule has 1 unspecified atom stereocenters. The number of benzene rings is 3. The van der Waals surface area contributed by atoms with Gasteiger partial charge in [0.2, 0.25) is 5.95 Å². The minimum Gasteiger partial charge on any atom is -0.329 e. The molecule has 3 aromatic carbocycles. The maximum absolute atomic E-state index is 13.7. The first-order valence-corrected chi connectivity index (χ1v) is 12.2. The maximum atomic E-state index is 13.7. The molecule has 0 fully saturated rings. The lowest BCUT2D eigenvalue weighted by Crippen LogP contribution is -2.31. The van der Waals surface area contributed by atoms with E-state index in [0.29, 0.717) is 5.57 Å². The Hall–Kier alpha value is -3.51. The molecular weight excluding hydrogens is 428 g/mol. The summed E-state index contributed by atoms with van der Waals surface area (Å²) in [6.45, 7) is 6.02. The number of carbonyl (C=O) groups excluding carboxylic acids is 1. The number of para-hydroxylation sites is 2. The normalized spacial score (nSPS) is 15.3. The Kier molecular flexibility index (Phi) is 5.46. The van der Waals surface area contributed by atoms with E-state index in [9.17, 15) is 4.79 Å². The molecule has 2 heterocycles. The van der Waals surface area contributed by atoms with E-state index >= 15 is 0 Å². The quantitative estimate of drug-likeness (QED) is 0.355. The standard InChI is InChI=1S/C27H26N4OS/c1-16-9-14-21(17(2)15-16)29-26(32)24-18(3)28-27-30-22-7-5-6-8-23(22)31(27)25(24)19-10-12-20(33-4)13-11-19/h5-15,25H,1-4H3,(H,28,30)(H,29,32). The number of thioether (sulfide) groups is 1. The minimum atomic E-state index is -0.296. The van der Waals surface area contributed by atoms with Crippen LogP contribution in [0.25, 0.3) is 11.0 Å². The minimum absolute atomic E-state index is 0.116. The number of anilines is 2. The van der Waals surface area contributed by atoms with Gasteiger partial charge >= 0.3 is 0 Å². The second-order valence-corrected chi connectivity index (χ2v) is 9.29. The molecule has 5 rings (SSSR count). The molecule has 2 N–H and O–H groups in total. The SMILES string of the molecule is CSc1ccc(C2C(C(=O)Nc3ccc(C)cc3C)=C(C)Nc3nc4ccccc4n32)cc1. The van der Waals surface area contributed by atoms with E-state index in [-0.39, 0.29) is 11.9 Å². The highest BCUT2D eigenvalue weighted by Gasteiger charge is 2.34. The molecule has 1 amide bonds. The highest BCUT2D eigenvalue weighted by molar-refractivity contribution is 7.98. The Labute approximate surface area is 197 Å². The number of hydrogen-bond donors (Lipinski definition) is 2. The van der Waals surface area contributed by atoms with Crippen molar-refractivity contribution < 1.29 is 4.79 Å². The molecule has 0 saturated heterocycles. The predicted octanol–water partition coefficient (Wildman–Crippen LogP) is 6.30. The van der Waals surface area contributed by atoms with Crippen LogP contribution in [0.4, 0.5) is 11.6 Å². The number of amides is 1. The van der Waals surface area contributed by atoms with Crippen LogP contribution in [0.3, 0.4) is 0 Å². The van der Waals surface area contributed by atoms with E-state index in [1.54, 1.807) is 11.8 Å². The molecule has 1 atom stereocenters. The van der Waals surface area contributed by atoms with E-state index < -0.39 is 0 Å². The third-order valence-electron chi connectivity index (χ3n) is 6.14. The van der Waals surface area contributed by atoms with Crippen molar-refractivity contribution in [1.29, 1.82) is 0 Å². The fraction of sp³-hybridized carbons (Fsp3) is 0.185. The Morgan fingerprint density at radius 2 is 1.79 bits per heavy atom. The zero-order chi connectivity index (χ0) is 23.1. The van der Waals surface area contributed by atoms with Crippen molar-refractivity contribution in [3.63, 3.8) is 0 Å². The van der Waals surface area contributed by atoms with Crippen LogP contribution in [0.2, 0.25) is 0 Å². The third kappa shape index (κ3) is 3.80. The number of hydrogen-bond acceptors (Lipinski definition) is 4. The lowest BCUT2D eigenvalue weighted by Gasteiger charge is -2.31. The predicted molar refractivity (Wildman–Crippen MR) is 137 cm³/mol. The van der Waals surface area contributed by atoms with Gasteiger partial charge in [0.1, 0.15) is 0 Å². The fourth-order valence-electron chi connectivity index (χ4n) is 4.50. The number of aromatic nitrogens is 2. The highest BCUT2D eigenvalue weighted by Crippen LogP contribution is 2.40. The van der Waals surface area contributed by atoms with Crippen LogP contribution in [-0.4, -0.2) is 21.7 Å². The second kappa shape index (κ2) is 8.45. The van der Waals surface area contributed by atoms with Crippen LogP contribution in [0.15, 0.2) is 82.9 Å². The van der Waals surface area contributed by atoms with Gasteiger partial charge in [-0.3, -0.25) is 9.36 Å². The number of nitrogens with one attached hydrogen (secondary N) is 2. The monoisotopic (exact) mass is 454 g/mol. The van der Waals surface area contributed by atoms with Crippen molar-refractivity contribution in [3.05, 3.63) is 94.7 Å². The van der Waals surface area contributed by atoms with Crippen molar-refractivity contribution in [1.82, 2.24) is 9.55 Å². The lowest BCUT2D eigenvalue weighted by atomic mass is 9.94. The van der Waals surface area contributed by atoms with Crippen molar-refractivity contribution >= 4 is 40.3 Å². The number of carbonyl (C=O) groups is 1. The average Bonchev–Trinajstić information content (AvgIpc) is 3.18. The molecule has 0 aliphatic carbocycles. The third-order valence-corrected chi connectivity index (χ3v) is 6.88. The number of allylic oxidation sites excluding steroid dienone is 1. The number of nitrogens with zero attached hydrogens (tertiary/aromatic N) is 2. The van der Waals surface area contributed by atoms with Crippen LogP contribution < -0.4 is 10.6 Å². The molecular formula is C27H26N4OS. The molecule has 166 valence electrons. The van der Waals surface area contributed by atoms with E-state index in [1.807, 2.05) is 44.2 Å². The van der Waals surface area contributed by atoms with E-state index in [1.165, 1.54) is 10.5 Å². The molecule has 0 radical (unpaired) electrons. The smallest absolute Gasteiger partial charge is 0.255 e. The molecule has 0 bridgehead atoms. The number of fused-ring (bicyclic) bond motifs is 3. The van der Waals surface area contributed by atoms with Gasteiger partial charge in [0.15, 0.2) is 0 Å². The first kappa shape index (κ1) is 21.3. The number of aryl methyl sites for hydroxylation is 2. The molecule has 5 nitrogen and oxygen atoms in total. The molecule has 33 heavy (non-hydrogen) atoms. The van der Waals surface area contributed by atoms with E-state index in [4.69, 9.17) is 4.98 Å². The van der Waals surface area contributed by atoms with E-state index in [2.05, 4.69) is 64.8 Å². The van der Waals surface area contributed by atoms with Gasteiger partial charge in [-0.25, -0.2) is 4.98 Å². The first-order chi connectivity index (χ1) is 16.0. The van der Waals surface area contributed by atoms with Crippen LogP contribution in [-0.2, 0) is 4.79 Å². The summed E-state index contributed by atoms with van der Waals surface area (Å²) in [4.78, 5) is 19.7. The van der Waals surface area contributed by atoms with Gasteiger partial charge in [0, 0.05) is 16.3 Å². The van der Waals surface area contributed by atoms with Gasteiger partial charge < -0.3 is 10.6 Å². The van der Waals surface area contributed by atoms with Gasteiger partial charge in [-0.1, -0.05) is 42.0 Å². The highest BCUT2D eigenvalue weighted by atomic mass is 32.2. The molecule has 1 aliphatic heterocycles. The summed E-state index contributed by atoms with van der Waals surface area (Å²) < 4.78 is 2.13. The molecule has 4 aromatic rings. The summed E-state index contributed by atoms with van der Waals surface area (Å²) in [5.74, 6) is 0.630. The largest absolute Gasteiger partial charge is 0.329 e. The molecule has 6 heteroatoms. The van der Waals surface area contributed by atoms with Crippen molar-refractivity contribution in [3.8, 4) is 0 Å². The Balaban J connectivity index is 1.65. The van der Waals surface area contributed by atoms with Crippen molar-refractivity contribution in [2.75, 3.05) is 16.9 Å². The number of rotatable bonds is 4. The summed E-state index contributed by atoms with van der Waals surface area (Å²) in [5, 5.41) is 6.53. The molecule has 0 saturated carbocycles. The summed E-state index contributed by atoms with van der Waals surface area (Å²) >= 11 is 1.70. The van der Waals surface area contributed by atoms with Gasteiger partial charge in [-0.2, -0.15) is 0 Å². The van der Waals surface area contributed by atoms with Gasteiger partial charge in [-0.15, -0.1) is 11.8 Å². The van der Waals surface area contributed by atoms with Crippen molar-refractivity contribution in [2.24, 2.45) is 0 Å². The molecule has 1 aromatic heterocycles. The van der Waals surface area contributed by atoms with Crippen LogP contribution in [0.5, 0.6) is 0 Å². The lowest BCUT2D eigenvalue weighted by molar-refractivity contribution is -0.113. The fourth-order valence-corrected chi connectivity index (χ4v) is 4.91. The second-order valence-electron chi connectivity index (χ2n) is 8.41. The average molecular weight is 455 g/mol. The molecule has 1 aliphatic rings. The van der Waals surface area contributed by atoms with E-state index in [0.717, 1.165) is 39.5 Å². The van der Waals surface area contributed by atoms with Crippen molar-refractivity contribution in [2.45, 2.75) is 31.7 Å². The van der Waals surface area contributed by atoms with Crippen LogP contribution in [0, 0.1) is 13.8 Å². The van der Waals surface area contributed by atoms with Gasteiger partial charge in [0.25, 0.3) is 5.91 Å². The summed E-state index contributed by atoms with van der Waals surface area (Å²) in [7, 11) is 0. The maximum Gasteiger partial charge on any atom is 0.255 e. The topological polar surface area (TPSA) is 59.0 Å². The summed E-state index contributed by atoms with van der Waals surface area (Å²) in [6.07, 6.45) is 2.06. The summed E-state index contributed by atoms with van der Waals surface area (Å²) in [6, 6.07) is 22.2. The van der Waals surface area contributed by atoms with Gasteiger partial charge in [0.05, 0.1) is 22.6 Å². The Morgan fingerprint density at radius 1 is 1.03 bits per heavy atom. The number of imidazole rings is 1. The van der Waals surface area contributed by atoms with Crippen LogP contribution >= 0.6 is 11.8 Å². The Morgan fingerprint density at radius 3 is 2.52 bits per heavy atom. The van der Waals surface area contributed by atoms with Crippen LogP contribution in [0.1, 0.15) is 29.7 Å². The first-order valence-electron chi connectivity index (χ1n) is 10.9. The zero-order valence-electron chi connectivity index (χ0n) is 19.1. The zero-order valence-corrected chi connectivity index (χ0v) is 20.0. The summed E-state index contributed by atoms with van der Waals surface area (Å²) in [5.41, 5.74) is 7.45. The molecule has 0 spiro atoms. The van der Waals surface area contributed by atoms with Gasteiger partial charge in [-0.05, 0) is 68.5 Å².